The Bertz CT molecular complexity index is 456. The first-order valence-electron chi connectivity index (χ1n) is 5.50. The van der Waals surface area contributed by atoms with Gasteiger partial charge in [0, 0.05) is 6.42 Å². The maximum Gasteiger partial charge on any atom is 0.122 e. The second-order valence-electron chi connectivity index (χ2n) is 3.93. The molecule has 16 heavy (non-hydrogen) atoms. The minimum atomic E-state index is 0.147. The molecule has 1 heterocycles. The third kappa shape index (κ3) is 2.38. The van der Waals surface area contributed by atoms with Crippen LogP contribution in [0.15, 0.2) is 40.8 Å². The third-order valence-corrected chi connectivity index (χ3v) is 3.63. The van der Waals surface area contributed by atoms with E-state index in [1.807, 2.05) is 12.1 Å². The van der Waals surface area contributed by atoms with E-state index in [1.54, 1.807) is 0 Å². The monoisotopic (exact) mass is 278 g/mol. The van der Waals surface area contributed by atoms with Gasteiger partial charge in [-0.2, -0.15) is 0 Å². The molecule has 1 nitrogen and oxygen atoms in total. The molecule has 2 rings (SSSR count). The normalized spacial score (nSPS) is 12.7. The molecule has 0 amide bonds. The molecular weight excluding hydrogens is 264 g/mol. The molecule has 0 aliphatic rings. The Hall–Kier alpha value is -1.02. The minimum Gasteiger partial charge on any atom is -0.465 e. The lowest BCUT2D eigenvalue weighted by Gasteiger charge is -2.07. The third-order valence-electron chi connectivity index (χ3n) is 2.65. The largest absolute Gasteiger partial charge is 0.465 e. The van der Waals surface area contributed by atoms with Crippen LogP contribution >= 0.6 is 15.9 Å². The van der Waals surface area contributed by atoms with Gasteiger partial charge in [-0.15, -0.1) is 0 Å². The number of alkyl halides is 1. The molecule has 1 aromatic carbocycles. The van der Waals surface area contributed by atoms with Crippen LogP contribution in [0.2, 0.25) is 0 Å². The van der Waals surface area contributed by atoms with Gasteiger partial charge < -0.3 is 4.42 Å². The lowest BCUT2D eigenvalue weighted by atomic mass is 10.1. The maximum atomic E-state index is 5.73. The standard InChI is InChI=1S/C14H15BrO/c1-3-12-8-9-13(16-12)14(15)11-6-4-10(2)5-7-11/h4-9,14H,3H2,1-2H3. The quantitative estimate of drug-likeness (QED) is 0.746. The maximum absolute atomic E-state index is 5.73. The summed E-state index contributed by atoms with van der Waals surface area (Å²) in [5, 5.41) is 0. The summed E-state index contributed by atoms with van der Waals surface area (Å²) in [5.41, 5.74) is 2.50. The van der Waals surface area contributed by atoms with Crippen molar-refractivity contribution in [1.82, 2.24) is 0 Å². The summed E-state index contributed by atoms with van der Waals surface area (Å²) >= 11 is 3.67. The molecular formula is C14H15BrO. The van der Waals surface area contributed by atoms with Crippen molar-refractivity contribution in [3.63, 3.8) is 0 Å². The van der Waals surface area contributed by atoms with Crippen molar-refractivity contribution in [3.05, 3.63) is 59.0 Å². The SMILES string of the molecule is CCc1ccc(C(Br)c2ccc(C)cc2)o1. The summed E-state index contributed by atoms with van der Waals surface area (Å²) in [6.07, 6.45) is 0.938. The highest BCUT2D eigenvalue weighted by Crippen LogP contribution is 2.32. The van der Waals surface area contributed by atoms with Crippen LogP contribution in [0.3, 0.4) is 0 Å². The van der Waals surface area contributed by atoms with Crippen LogP contribution in [0.25, 0.3) is 0 Å². The van der Waals surface area contributed by atoms with Crippen LogP contribution in [0.5, 0.6) is 0 Å². The number of hydrogen-bond donors (Lipinski definition) is 0. The van der Waals surface area contributed by atoms with E-state index in [-0.39, 0.29) is 4.83 Å². The molecule has 0 radical (unpaired) electrons. The predicted octanol–water partition coefficient (Wildman–Crippen LogP) is 4.63. The Labute approximate surface area is 105 Å². The van der Waals surface area contributed by atoms with Crippen LogP contribution in [-0.2, 0) is 6.42 Å². The van der Waals surface area contributed by atoms with E-state index in [4.69, 9.17) is 4.42 Å². The van der Waals surface area contributed by atoms with Gasteiger partial charge >= 0.3 is 0 Å². The Kier molecular flexibility index (Phi) is 3.49. The van der Waals surface area contributed by atoms with E-state index in [9.17, 15) is 0 Å². The second-order valence-corrected chi connectivity index (χ2v) is 4.85. The predicted molar refractivity (Wildman–Crippen MR) is 70.0 cm³/mol. The van der Waals surface area contributed by atoms with Crippen LogP contribution in [0, 0.1) is 6.92 Å². The van der Waals surface area contributed by atoms with Crippen molar-refractivity contribution in [2.45, 2.75) is 25.1 Å². The van der Waals surface area contributed by atoms with Gasteiger partial charge in [-0.25, -0.2) is 0 Å². The Morgan fingerprint density at radius 2 is 1.81 bits per heavy atom. The van der Waals surface area contributed by atoms with Crippen molar-refractivity contribution >= 4 is 15.9 Å². The minimum absolute atomic E-state index is 0.147. The van der Waals surface area contributed by atoms with Crippen molar-refractivity contribution in [1.29, 1.82) is 0 Å². The highest BCUT2D eigenvalue weighted by Gasteiger charge is 2.13. The van der Waals surface area contributed by atoms with E-state index >= 15 is 0 Å². The molecule has 0 N–H and O–H groups in total. The Morgan fingerprint density at radius 3 is 2.38 bits per heavy atom. The van der Waals surface area contributed by atoms with Crippen molar-refractivity contribution in [3.8, 4) is 0 Å². The van der Waals surface area contributed by atoms with Gasteiger partial charge in [0.05, 0.1) is 4.83 Å². The molecule has 0 spiro atoms. The zero-order valence-electron chi connectivity index (χ0n) is 9.53. The molecule has 84 valence electrons. The fourth-order valence-corrected chi connectivity index (χ4v) is 2.17. The summed E-state index contributed by atoms with van der Waals surface area (Å²) in [5.74, 6) is 2.01. The number of benzene rings is 1. The molecule has 0 saturated carbocycles. The number of furan rings is 1. The second kappa shape index (κ2) is 4.88. The van der Waals surface area contributed by atoms with E-state index in [0.29, 0.717) is 0 Å². The molecule has 0 aliphatic carbocycles. The van der Waals surface area contributed by atoms with Crippen LogP contribution < -0.4 is 0 Å². The Balaban J connectivity index is 2.24. The van der Waals surface area contributed by atoms with E-state index < -0.39 is 0 Å². The van der Waals surface area contributed by atoms with E-state index in [2.05, 4.69) is 54.0 Å². The van der Waals surface area contributed by atoms with Gasteiger partial charge in [-0.05, 0) is 24.6 Å². The molecule has 0 bridgehead atoms. The van der Waals surface area contributed by atoms with Gasteiger partial charge in [-0.3, -0.25) is 0 Å². The first kappa shape index (κ1) is 11.5. The molecule has 2 aromatic rings. The van der Waals surface area contributed by atoms with Crippen molar-refractivity contribution in [2.75, 3.05) is 0 Å². The van der Waals surface area contributed by atoms with Crippen molar-refractivity contribution in [2.24, 2.45) is 0 Å². The highest BCUT2D eigenvalue weighted by molar-refractivity contribution is 9.09. The topological polar surface area (TPSA) is 13.1 Å². The Morgan fingerprint density at radius 1 is 1.12 bits per heavy atom. The number of rotatable bonds is 3. The molecule has 1 atom stereocenters. The number of aryl methyl sites for hydroxylation is 2. The van der Waals surface area contributed by atoms with Gasteiger partial charge in [-0.1, -0.05) is 52.7 Å². The first-order valence-corrected chi connectivity index (χ1v) is 6.41. The summed E-state index contributed by atoms with van der Waals surface area (Å²) in [7, 11) is 0. The van der Waals surface area contributed by atoms with Gasteiger partial charge in [0.25, 0.3) is 0 Å². The zero-order chi connectivity index (χ0) is 11.5. The summed E-state index contributed by atoms with van der Waals surface area (Å²) in [4.78, 5) is 0.147. The molecule has 1 unspecified atom stereocenters. The first-order chi connectivity index (χ1) is 7.70. The molecule has 0 saturated heterocycles. The number of halogens is 1. The van der Waals surface area contributed by atoms with E-state index in [1.165, 1.54) is 11.1 Å². The van der Waals surface area contributed by atoms with Gasteiger partial charge in [0.1, 0.15) is 11.5 Å². The van der Waals surface area contributed by atoms with Gasteiger partial charge in [0.15, 0.2) is 0 Å². The summed E-state index contributed by atoms with van der Waals surface area (Å²) in [6.45, 7) is 4.19. The average Bonchev–Trinajstić information content (AvgIpc) is 2.77. The van der Waals surface area contributed by atoms with Gasteiger partial charge in [0.2, 0.25) is 0 Å². The fraction of sp³-hybridized carbons (Fsp3) is 0.286. The summed E-state index contributed by atoms with van der Waals surface area (Å²) in [6, 6.07) is 12.6. The molecule has 0 fully saturated rings. The average molecular weight is 279 g/mol. The van der Waals surface area contributed by atoms with Crippen LogP contribution in [-0.4, -0.2) is 0 Å². The highest BCUT2D eigenvalue weighted by atomic mass is 79.9. The smallest absolute Gasteiger partial charge is 0.122 e. The lowest BCUT2D eigenvalue weighted by Crippen LogP contribution is -1.90. The molecule has 0 aliphatic heterocycles. The van der Waals surface area contributed by atoms with Crippen LogP contribution in [0.1, 0.15) is 34.4 Å². The lowest BCUT2D eigenvalue weighted by molar-refractivity contribution is 0.477. The molecule has 2 heteroatoms. The zero-order valence-corrected chi connectivity index (χ0v) is 11.1. The number of hydrogen-bond acceptors (Lipinski definition) is 1. The van der Waals surface area contributed by atoms with Crippen LogP contribution in [0.4, 0.5) is 0 Å². The molecule has 1 aromatic heterocycles. The van der Waals surface area contributed by atoms with E-state index in [0.717, 1.165) is 17.9 Å². The summed E-state index contributed by atoms with van der Waals surface area (Å²) < 4.78 is 5.73. The fourth-order valence-electron chi connectivity index (χ4n) is 1.62. The van der Waals surface area contributed by atoms with Crippen molar-refractivity contribution < 1.29 is 4.42 Å².